The average Bonchev–Trinajstić information content (AvgIpc) is 2.47. The molecule has 0 saturated heterocycles. The molecule has 0 rings (SSSR count). The lowest BCUT2D eigenvalue weighted by atomic mass is 10.2. The number of hydrogen-bond acceptors (Lipinski definition) is 8. The number of alkyl carbamates (subject to hydrolysis) is 1. The van der Waals surface area contributed by atoms with Gasteiger partial charge in [-0.15, -0.1) is 0 Å². The second kappa shape index (κ2) is 10.5. The number of ether oxygens (including phenoxy) is 2. The quantitative estimate of drug-likeness (QED) is 0.283. The van der Waals surface area contributed by atoms with E-state index in [0.717, 1.165) is 12.0 Å². The van der Waals surface area contributed by atoms with Gasteiger partial charge in [0.15, 0.2) is 6.29 Å². The number of methoxy groups -OCH3 is 1. The Balaban J connectivity index is 4.36. The summed E-state index contributed by atoms with van der Waals surface area (Å²) in [6, 6.07) is 0. The van der Waals surface area contributed by atoms with Crippen molar-refractivity contribution >= 4 is 23.9 Å². The summed E-state index contributed by atoms with van der Waals surface area (Å²) in [5, 5.41) is 22.3. The summed E-state index contributed by atoms with van der Waals surface area (Å²) in [5.74, 6) is -2.15. The molecule has 0 aromatic carbocycles. The molecule has 0 heterocycles. The van der Waals surface area contributed by atoms with Crippen molar-refractivity contribution < 1.29 is 38.9 Å². The van der Waals surface area contributed by atoms with Crippen molar-refractivity contribution in [1.82, 2.24) is 15.5 Å². The maximum atomic E-state index is 11.9. The molecule has 0 unspecified atom stereocenters. The Morgan fingerprint density at radius 1 is 1.08 bits per heavy atom. The number of aliphatic hydroxyl groups excluding tert-OH is 1. The van der Waals surface area contributed by atoms with Crippen molar-refractivity contribution in [3.63, 3.8) is 0 Å². The molecular formula is C14H25N3O8. The first-order valence-corrected chi connectivity index (χ1v) is 7.39. The van der Waals surface area contributed by atoms with Crippen LogP contribution in [0, 0.1) is 0 Å². The van der Waals surface area contributed by atoms with E-state index in [2.05, 4.69) is 15.4 Å². The van der Waals surface area contributed by atoms with E-state index in [9.17, 15) is 19.2 Å². The lowest BCUT2D eigenvalue weighted by Gasteiger charge is -2.22. The summed E-state index contributed by atoms with van der Waals surface area (Å²) in [4.78, 5) is 46.9. The van der Waals surface area contributed by atoms with Crippen LogP contribution in [0.2, 0.25) is 0 Å². The van der Waals surface area contributed by atoms with Gasteiger partial charge in [0.25, 0.3) is 0 Å². The van der Waals surface area contributed by atoms with Crippen molar-refractivity contribution in [1.29, 1.82) is 0 Å². The number of carbonyl (C=O) groups excluding carboxylic acids is 4. The third-order valence-electron chi connectivity index (χ3n) is 2.51. The molecule has 0 aliphatic heterocycles. The molecule has 0 spiro atoms. The SMILES string of the molecule is COC(=O)CN(CC(O)O)C(=O)CNC(=O)CNC(=O)OC(C)(C)C. The van der Waals surface area contributed by atoms with Gasteiger partial charge in [-0.25, -0.2) is 4.79 Å². The highest BCUT2D eigenvalue weighted by Gasteiger charge is 2.21. The molecule has 11 nitrogen and oxygen atoms in total. The normalized spacial score (nSPS) is 10.8. The van der Waals surface area contributed by atoms with E-state index in [1.54, 1.807) is 20.8 Å². The predicted octanol–water partition coefficient (Wildman–Crippen LogP) is -2.06. The zero-order chi connectivity index (χ0) is 19.6. The van der Waals surface area contributed by atoms with E-state index in [4.69, 9.17) is 14.9 Å². The summed E-state index contributed by atoms with van der Waals surface area (Å²) in [6.07, 6.45) is -2.64. The molecule has 25 heavy (non-hydrogen) atoms. The predicted molar refractivity (Wildman–Crippen MR) is 84.1 cm³/mol. The van der Waals surface area contributed by atoms with Crippen LogP contribution >= 0.6 is 0 Å². The van der Waals surface area contributed by atoms with Gasteiger partial charge in [-0.05, 0) is 20.8 Å². The fourth-order valence-corrected chi connectivity index (χ4v) is 1.49. The number of carbonyl (C=O) groups is 4. The van der Waals surface area contributed by atoms with Crippen LogP contribution < -0.4 is 10.6 Å². The topological polar surface area (TPSA) is 154 Å². The van der Waals surface area contributed by atoms with E-state index in [0.29, 0.717) is 0 Å². The van der Waals surface area contributed by atoms with Gasteiger partial charge in [-0.1, -0.05) is 0 Å². The standard InChI is InChI=1S/C14H25N3O8/c1-14(2,3)25-13(23)16-5-9(18)15-6-10(19)17(7-11(20)21)8-12(22)24-4/h11,20-21H,5-8H2,1-4H3,(H,15,18)(H,16,23). The Morgan fingerprint density at radius 2 is 1.68 bits per heavy atom. The Hall–Kier alpha value is -2.40. The minimum absolute atomic E-state index is 0.415. The van der Waals surface area contributed by atoms with Gasteiger partial charge < -0.3 is 35.2 Å². The number of hydrogen-bond donors (Lipinski definition) is 4. The van der Waals surface area contributed by atoms with Gasteiger partial charge in [0.1, 0.15) is 18.7 Å². The van der Waals surface area contributed by atoms with Gasteiger partial charge in [0, 0.05) is 0 Å². The average molecular weight is 363 g/mol. The molecule has 0 radical (unpaired) electrons. The third kappa shape index (κ3) is 11.7. The summed E-state index contributed by atoms with van der Waals surface area (Å²) in [5.41, 5.74) is -0.712. The zero-order valence-corrected chi connectivity index (χ0v) is 14.7. The molecule has 0 atom stereocenters. The highest BCUT2D eigenvalue weighted by Crippen LogP contribution is 2.06. The summed E-state index contributed by atoms with van der Waals surface area (Å²) in [6.45, 7) is 3.05. The molecule has 0 bridgehead atoms. The molecular weight excluding hydrogens is 338 g/mol. The Morgan fingerprint density at radius 3 is 2.16 bits per heavy atom. The van der Waals surface area contributed by atoms with E-state index < -0.39 is 61.9 Å². The maximum Gasteiger partial charge on any atom is 0.408 e. The number of esters is 1. The highest BCUT2D eigenvalue weighted by atomic mass is 16.6. The first kappa shape index (κ1) is 22.6. The van der Waals surface area contributed by atoms with Crippen LogP contribution in [-0.2, 0) is 23.9 Å². The lowest BCUT2D eigenvalue weighted by molar-refractivity contribution is -0.150. The minimum Gasteiger partial charge on any atom is -0.468 e. The Labute approximate surface area is 145 Å². The molecule has 11 heteroatoms. The lowest BCUT2D eigenvalue weighted by Crippen LogP contribution is -2.47. The molecule has 144 valence electrons. The highest BCUT2D eigenvalue weighted by molar-refractivity contribution is 5.88. The first-order valence-electron chi connectivity index (χ1n) is 7.39. The monoisotopic (exact) mass is 363 g/mol. The van der Waals surface area contributed by atoms with Crippen LogP contribution in [0.15, 0.2) is 0 Å². The number of rotatable bonds is 8. The second-order valence-corrected chi connectivity index (χ2v) is 5.96. The number of nitrogens with one attached hydrogen (secondary N) is 2. The van der Waals surface area contributed by atoms with Gasteiger partial charge in [0.2, 0.25) is 11.8 Å². The van der Waals surface area contributed by atoms with Gasteiger partial charge in [0.05, 0.1) is 20.2 Å². The largest absolute Gasteiger partial charge is 0.468 e. The molecule has 0 saturated carbocycles. The molecule has 3 amide bonds. The molecule has 0 aromatic heterocycles. The van der Waals surface area contributed by atoms with E-state index in [-0.39, 0.29) is 0 Å². The van der Waals surface area contributed by atoms with Crippen molar-refractivity contribution in [2.24, 2.45) is 0 Å². The smallest absolute Gasteiger partial charge is 0.408 e. The van der Waals surface area contributed by atoms with E-state index in [1.807, 2.05) is 0 Å². The molecule has 0 aliphatic carbocycles. The van der Waals surface area contributed by atoms with E-state index >= 15 is 0 Å². The minimum atomic E-state index is -1.85. The molecule has 0 aliphatic rings. The van der Waals surface area contributed by atoms with Gasteiger partial charge in [-0.2, -0.15) is 0 Å². The van der Waals surface area contributed by atoms with Crippen molar-refractivity contribution in [2.75, 3.05) is 33.3 Å². The third-order valence-corrected chi connectivity index (χ3v) is 2.51. The van der Waals surface area contributed by atoms with Crippen LogP contribution in [0.1, 0.15) is 20.8 Å². The van der Waals surface area contributed by atoms with Crippen LogP contribution in [0.5, 0.6) is 0 Å². The molecule has 4 N–H and O–H groups in total. The second-order valence-electron chi connectivity index (χ2n) is 5.96. The van der Waals surface area contributed by atoms with Crippen molar-refractivity contribution in [2.45, 2.75) is 32.7 Å². The summed E-state index contributed by atoms with van der Waals surface area (Å²) in [7, 11) is 1.12. The number of amides is 3. The van der Waals surface area contributed by atoms with Crippen LogP contribution in [-0.4, -0.2) is 84.2 Å². The van der Waals surface area contributed by atoms with Gasteiger partial charge >= 0.3 is 12.1 Å². The zero-order valence-electron chi connectivity index (χ0n) is 14.7. The summed E-state index contributed by atoms with van der Waals surface area (Å²) >= 11 is 0. The molecule has 0 fully saturated rings. The van der Waals surface area contributed by atoms with Crippen molar-refractivity contribution in [3.05, 3.63) is 0 Å². The fourth-order valence-electron chi connectivity index (χ4n) is 1.49. The van der Waals surface area contributed by atoms with Gasteiger partial charge in [-0.3, -0.25) is 14.4 Å². The fraction of sp³-hybridized carbons (Fsp3) is 0.714. The summed E-state index contributed by atoms with van der Waals surface area (Å²) < 4.78 is 9.34. The maximum absolute atomic E-state index is 11.9. The van der Waals surface area contributed by atoms with Crippen LogP contribution in [0.4, 0.5) is 4.79 Å². The van der Waals surface area contributed by atoms with Crippen LogP contribution in [0.3, 0.4) is 0 Å². The molecule has 0 aromatic rings. The first-order chi connectivity index (χ1) is 11.4. The van der Waals surface area contributed by atoms with E-state index in [1.165, 1.54) is 0 Å². The van der Waals surface area contributed by atoms with Crippen LogP contribution in [0.25, 0.3) is 0 Å². The van der Waals surface area contributed by atoms with Crippen molar-refractivity contribution in [3.8, 4) is 0 Å². The Bertz CT molecular complexity index is 487. The number of nitrogens with zero attached hydrogens (tertiary/aromatic N) is 1. The Kier molecular flexibility index (Phi) is 9.46. The number of aliphatic hydroxyl groups is 2.